The van der Waals surface area contributed by atoms with Crippen LogP contribution in [0, 0.1) is 0 Å². The fraction of sp³-hybridized carbons (Fsp3) is 0.355. The third-order valence-corrected chi connectivity index (χ3v) is 10.1. The summed E-state index contributed by atoms with van der Waals surface area (Å²) in [5, 5.41) is 3.90. The van der Waals surface area contributed by atoms with Crippen molar-refractivity contribution in [3.05, 3.63) is 97.9 Å². The second kappa shape index (κ2) is 15.0. The van der Waals surface area contributed by atoms with Gasteiger partial charge in [0.2, 0.25) is 21.8 Å². The van der Waals surface area contributed by atoms with Crippen molar-refractivity contribution in [2.45, 2.75) is 57.2 Å². The highest BCUT2D eigenvalue weighted by molar-refractivity contribution is 7.92. The van der Waals surface area contributed by atoms with Gasteiger partial charge in [-0.3, -0.25) is 13.9 Å². The lowest BCUT2D eigenvalue weighted by Crippen LogP contribution is -2.55. The fourth-order valence-corrected chi connectivity index (χ4v) is 7.05. The molecule has 1 aliphatic rings. The van der Waals surface area contributed by atoms with E-state index in [1.807, 2.05) is 30.3 Å². The topological polar surface area (TPSA) is 86.8 Å². The average Bonchev–Trinajstić information content (AvgIpc) is 2.97. The zero-order valence-corrected chi connectivity index (χ0v) is 27.5. The average molecular weight is 686 g/mol. The van der Waals surface area contributed by atoms with E-state index in [0.29, 0.717) is 15.6 Å². The molecule has 0 bridgehead atoms. The van der Waals surface area contributed by atoms with Crippen molar-refractivity contribution in [2.75, 3.05) is 17.1 Å². The fourth-order valence-electron chi connectivity index (χ4n) is 5.23. The number of carbonyl (C=O) groups is 2. The van der Waals surface area contributed by atoms with Gasteiger partial charge in [0, 0.05) is 34.6 Å². The summed E-state index contributed by atoms with van der Waals surface area (Å²) in [6, 6.07) is 17.8. The van der Waals surface area contributed by atoms with E-state index in [4.69, 9.17) is 46.4 Å². The monoisotopic (exact) mass is 683 g/mol. The van der Waals surface area contributed by atoms with Crippen LogP contribution in [0.25, 0.3) is 0 Å². The van der Waals surface area contributed by atoms with Crippen molar-refractivity contribution >= 4 is 73.9 Å². The van der Waals surface area contributed by atoms with Gasteiger partial charge < -0.3 is 10.2 Å². The minimum atomic E-state index is -4.01. The van der Waals surface area contributed by atoms with Crippen molar-refractivity contribution in [2.24, 2.45) is 0 Å². The first-order valence-corrected chi connectivity index (χ1v) is 17.3. The van der Waals surface area contributed by atoms with E-state index in [-0.39, 0.29) is 40.6 Å². The van der Waals surface area contributed by atoms with E-state index >= 15 is 0 Å². The molecule has 4 rings (SSSR count). The van der Waals surface area contributed by atoms with Crippen molar-refractivity contribution in [1.82, 2.24) is 10.2 Å². The third kappa shape index (κ3) is 8.79. The zero-order chi connectivity index (χ0) is 31.1. The van der Waals surface area contributed by atoms with Gasteiger partial charge in [-0.25, -0.2) is 8.42 Å². The Bertz CT molecular complexity index is 1530. The Kier molecular flexibility index (Phi) is 11.6. The summed E-state index contributed by atoms with van der Waals surface area (Å²) in [5.41, 5.74) is 1.31. The number of nitrogens with one attached hydrogen (secondary N) is 1. The van der Waals surface area contributed by atoms with Crippen LogP contribution >= 0.6 is 46.4 Å². The summed E-state index contributed by atoms with van der Waals surface area (Å²) in [6.07, 6.45) is 6.00. The zero-order valence-electron chi connectivity index (χ0n) is 23.6. The molecule has 1 atom stereocenters. The number of benzene rings is 3. The Balaban J connectivity index is 1.78. The highest BCUT2D eigenvalue weighted by Gasteiger charge is 2.35. The maximum absolute atomic E-state index is 14.3. The molecule has 0 unspecified atom stereocenters. The molecule has 1 N–H and O–H groups in total. The lowest BCUT2D eigenvalue weighted by Gasteiger charge is -2.35. The van der Waals surface area contributed by atoms with Crippen LogP contribution in [-0.2, 0) is 32.6 Å². The molecule has 3 aromatic carbocycles. The summed E-state index contributed by atoms with van der Waals surface area (Å²) < 4.78 is 26.9. The molecule has 0 aromatic heterocycles. The van der Waals surface area contributed by atoms with Gasteiger partial charge in [-0.05, 0) is 42.7 Å². The summed E-state index contributed by atoms with van der Waals surface area (Å²) in [6.45, 7) is -0.767. The van der Waals surface area contributed by atoms with Gasteiger partial charge in [-0.15, -0.1) is 0 Å². The van der Waals surface area contributed by atoms with Gasteiger partial charge in [-0.2, -0.15) is 0 Å². The molecule has 43 heavy (non-hydrogen) atoms. The third-order valence-electron chi connectivity index (χ3n) is 7.49. The first-order valence-electron chi connectivity index (χ1n) is 13.9. The van der Waals surface area contributed by atoms with Crippen molar-refractivity contribution in [1.29, 1.82) is 0 Å². The number of hydrogen-bond acceptors (Lipinski definition) is 4. The van der Waals surface area contributed by atoms with Gasteiger partial charge in [0.05, 0.1) is 22.0 Å². The molecule has 230 valence electrons. The number of nitrogens with zero attached hydrogens (tertiary/aromatic N) is 2. The lowest BCUT2D eigenvalue weighted by atomic mass is 9.94. The molecule has 0 heterocycles. The Labute approximate surface area is 273 Å². The van der Waals surface area contributed by atoms with Crippen LogP contribution in [0.4, 0.5) is 5.69 Å². The van der Waals surface area contributed by atoms with E-state index in [0.717, 1.165) is 48.2 Å². The molecule has 12 heteroatoms. The minimum Gasteiger partial charge on any atom is -0.352 e. The molecule has 0 saturated heterocycles. The minimum absolute atomic E-state index is 0.0148. The van der Waals surface area contributed by atoms with Crippen molar-refractivity contribution < 1.29 is 18.0 Å². The quantitative estimate of drug-likeness (QED) is 0.232. The van der Waals surface area contributed by atoms with Gasteiger partial charge in [-0.1, -0.05) is 108 Å². The van der Waals surface area contributed by atoms with Crippen LogP contribution in [0.5, 0.6) is 0 Å². The Morgan fingerprint density at radius 2 is 1.47 bits per heavy atom. The van der Waals surface area contributed by atoms with Crippen LogP contribution < -0.4 is 9.62 Å². The highest BCUT2D eigenvalue weighted by Crippen LogP contribution is 2.34. The maximum atomic E-state index is 14.3. The second-order valence-electron chi connectivity index (χ2n) is 10.6. The van der Waals surface area contributed by atoms with Crippen molar-refractivity contribution in [3.63, 3.8) is 0 Å². The molecule has 3 aromatic rings. The van der Waals surface area contributed by atoms with Gasteiger partial charge in [0.25, 0.3) is 0 Å². The first-order chi connectivity index (χ1) is 20.5. The summed E-state index contributed by atoms with van der Waals surface area (Å²) >= 11 is 25.6. The Morgan fingerprint density at radius 3 is 2.09 bits per heavy atom. The van der Waals surface area contributed by atoms with Crippen LogP contribution in [0.15, 0.2) is 66.7 Å². The molecule has 0 radical (unpaired) electrons. The Hall–Kier alpha value is -2.49. The number of amides is 2. The molecule has 1 saturated carbocycles. The molecule has 2 amide bonds. The van der Waals surface area contributed by atoms with E-state index in [2.05, 4.69) is 5.32 Å². The van der Waals surface area contributed by atoms with Crippen LogP contribution in [-0.4, -0.2) is 50.0 Å². The highest BCUT2D eigenvalue weighted by atomic mass is 35.5. The normalized spacial score (nSPS) is 14.6. The van der Waals surface area contributed by atoms with Crippen LogP contribution in [0.2, 0.25) is 20.1 Å². The summed E-state index contributed by atoms with van der Waals surface area (Å²) in [4.78, 5) is 29.7. The number of halogens is 4. The van der Waals surface area contributed by atoms with E-state index in [1.54, 1.807) is 24.3 Å². The first kappa shape index (κ1) is 33.4. The molecular weight excluding hydrogens is 652 g/mol. The number of sulfonamides is 1. The van der Waals surface area contributed by atoms with Gasteiger partial charge >= 0.3 is 0 Å². The summed E-state index contributed by atoms with van der Waals surface area (Å²) in [7, 11) is -4.01. The molecule has 0 spiro atoms. The SMILES string of the molecule is CS(=O)(=O)N(CC(=O)N(Cc1c(Cl)cccc1Cl)[C@@H](Cc1ccccc1)C(=O)NC1CCCCC1)c1cccc(Cl)c1Cl. The number of anilines is 1. The molecule has 1 aliphatic carbocycles. The lowest BCUT2D eigenvalue weighted by molar-refractivity contribution is -0.140. The summed E-state index contributed by atoms with van der Waals surface area (Å²) in [5.74, 6) is -0.976. The van der Waals surface area contributed by atoms with Crippen molar-refractivity contribution in [3.8, 4) is 0 Å². The smallest absolute Gasteiger partial charge is 0.244 e. The van der Waals surface area contributed by atoms with E-state index in [9.17, 15) is 18.0 Å². The molecule has 0 aliphatic heterocycles. The largest absolute Gasteiger partial charge is 0.352 e. The molecule has 1 fully saturated rings. The number of rotatable bonds is 11. The van der Waals surface area contributed by atoms with Gasteiger partial charge in [0.1, 0.15) is 12.6 Å². The number of hydrogen-bond donors (Lipinski definition) is 1. The molecular formula is C31H33Cl4N3O4S. The van der Waals surface area contributed by atoms with E-state index < -0.39 is 28.5 Å². The Morgan fingerprint density at radius 1 is 0.860 bits per heavy atom. The van der Waals surface area contributed by atoms with Crippen LogP contribution in [0.3, 0.4) is 0 Å². The van der Waals surface area contributed by atoms with Gasteiger partial charge in [0.15, 0.2) is 0 Å². The number of carbonyl (C=O) groups excluding carboxylic acids is 2. The molecule has 7 nitrogen and oxygen atoms in total. The predicted molar refractivity (Wildman–Crippen MR) is 175 cm³/mol. The second-order valence-corrected chi connectivity index (χ2v) is 14.1. The van der Waals surface area contributed by atoms with E-state index in [1.165, 1.54) is 17.0 Å². The predicted octanol–water partition coefficient (Wildman–Crippen LogP) is 7.16. The maximum Gasteiger partial charge on any atom is 0.244 e. The van der Waals surface area contributed by atoms with Crippen LogP contribution in [0.1, 0.15) is 43.2 Å². The standard InChI is InChI=1S/C31H33Cl4N3O4S/c1-43(41,42)38(27-17-9-16-26(34)30(27)35)20-29(39)37(19-23-24(32)14-8-15-25(23)33)28(18-21-10-4-2-5-11-21)31(40)36-22-12-6-3-7-13-22/h2,4-5,8-11,14-17,22,28H,3,6-7,12-13,18-20H2,1H3,(H,36,40)/t28-/m0/s1.